The number of hydrogen-bond acceptors (Lipinski definition) is 4. The maximum absolute atomic E-state index is 10.6. The Morgan fingerprint density at radius 1 is 1.41 bits per heavy atom. The third kappa shape index (κ3) is 7.53. The first-order chi connectivity index (χ1) is 7.73. The van der Waals surface area contributed by atoms with Crippen molar-refractivity contribution in [2.24, 2.45) is 16.5 Å². The topological polar surface area (TPSA) is 127 Å². The van der Waals surface area contributed by atoms with E-state index in [2.05, 4.69) is 15.0 Å². The summed E-state index contributed by atoms with van der Waals surface area (Å²) < 4.78 is 31.7. The van der Waals surface area contributed by atoms with E-state index in [4.69, 9.17) is 21.4 Å². The number of carboxylic acids is 1. The van der Waals surface area contributed by atoms with Crippen LogP contribution in [0.2, 0.25) is 0 Å². The Bertz CT molecular complexity index is 388. The molecule has 1 rings (SSSR count). The summed E-state index contributed by atoms with van der Waals surface area (Å²) in [5, 5.41) is 7.12. The minimum atomic E-state index is -5.08. The summed E-state index contributed by atoms with van der Waals surface area (Å²) in [5.41, 5.74) is 10.2. The van der Waals surface area contributed by atoms with Gasteiger partial charge in [-0.2, -0.15) is 18.2 Å². The number of guanidine groups is 1. The summed E-state index contributed by atoms with van der Waals surface area (Å²) in [6.45, 7) is 0. The van der Waals surface area contributed by atoms with Gasteiger partial charge in [0.1, 0.15) is 6.33 Å². The molecule has 0 fully saturated rings. The van der Waals surface area contributed by atoms with Crippen LogP contribution in [0.15, 0.2) is 23.6 Å². The summed E-state index contributed by atoms with van der Waals surface area (Å²) in [6.07, 6.45) is -2.14. The van der Waals surface area contributed by atoms with Crippen molar-refractivity contribution in [1.82, 2.24) is 9.97 Å². The summed E-state index contributed by atoms with van der Waals surface area (Å²) in [4.78, 5) is 20.0. The van der Waals surface area contributed by atoms with Crippen molar-refractivity contribution in [1.29, 1.82) is 0 Å². The lowest BCUT2D eigenvalue weighted by molar-refractivity contribution is -0.192. The first-order valence-electron chi connectivity index (χ1n) is 3.89. The zero-order valence-electron chi connectivity index (χ0n) is 8.22. The van der Waals surface area contributed by atoms with Gasteiger partial charge in [-0.25, -0.2) is 14.8 Å². The molecule has 0 unspecified atom stereocenters. The number of carboxylic acid groups (broad SMARTS) is 1. The molecule has 0 amide bonds. The van der Waals surface area contributed by atoms with Gasteiger partial charge in [0.05, 0.1) is 0 Å². The maximum atomic E-state index is 10.6. The minimum Gasteiger partial charge on any atom is -0.475 e. The second kappa shape index (κ2) is 6.25. The molecule has 0 atom stereocenters. The smallest absolute Gasteiger partial charge is 0.475 e. The van der Waals surface area contributed by atoms with E-state index in [0.29, 0.717) is 5.82 Å². The average Bonchev–Trinajstić information content (AvgIpc) is 2.17. The molecule has 0 aliphatic rings. The van der Waals surface area contributed by atoms with E-state index in [1.165, 1.54) is 6.33 Å². The number of aliphatic carboxylic acids is 1. The largest absolute Gasteiger partial charge is 0.490 e. The molecule has 10 heteroatoms. The summed E-state index contributed by atoms with van der Waals surface area (Å²) in [6, 6.07) is 1.61. The molecule has 0 aromatic carbocycles. The lowest BCUT2D eigenvalue weighted by Gasteiger charge is -1.93. The number of aliphatic imine (C=N–C) groups is 1. The van der Waals surface area contributed by atoms with Crippen LogP contribution < -0.4 is 11.5 Å². The number of halogens is 3. The van der Waals surface area contributed by atoms with Crippen molar-refractivity contribution in [3.63, 3.8) is 0 Å². The van der Waals surface area contributed by atoms with E-state index < -0.39 is 12.1 Å². The molecule has 5 N–H and O–H groups in total. The average molecular weight is 251 g/mol. The van der Waals surface area contributed by atoms with Crippen LogP contribution in [0, 0.1) is 0 Å². The minimum absolute atomic E-state index is 0.00120. The van der Waals surface area contributed by atoms with Gasteiger partial charge in [0, 0.05) is 12.3 Å². The Kier molecular flexibility index (Phi) is 5.37. The van der Waals surface area contributed by atoms with Crippen molar-refractivity contribution in [3.05, 3.63) is 18.6 Å². The zero-order chi connectivity index (χ0) is 13.5. The second-order valence-corrected chi connectivity index (χ2v) is 2.41. The molecule has 0 saturated heterocycles. The lowest BCUT2D eigenvalue weighted by Crippen LogP contribution is -2.22. The van der Waals surface area contributed by atoms with Gasteiger partial charge in [-0.3, -0.25) is 0 Å². The van der Waals surface area contributed by atoms with E-state index in [-0.39, 0.29) is 5.96 Å². The molecule has 0 aliphatic carbocycles. The first-order valence-corrected chi connectivity index (χ1v) is 3.89. The molecule has 0 bridgehead atoms. The van der Waals surface area contributed by atoms with Crippen LogP contribution in [0.3, 0.4) is 0 Å². The number of aromatic nitrogens is 2. The number of carbonyl (C=O) groups is 1. The van der Waals surface area contributed by atoms with Gasteiger partial charge < -0.3 is 16.6 Å². The molecule has 0 spiro atoms. The van der Waals surface area contributed by atoms with Gasteiger partial charge in [0.25, 0.3) is 0 Å². The summed E-state index contributed by atoms with van der Waals surface area (Å²) >= 11 is 0. The third-order valence-electron chi connectivity index (χ3n) is 1.05. The van der Waals surface area contributed by atoms with Crippen molar-refractivity contribution < 1.29 is 23.1 Å². The van der Waals surface area contributed by atoms with Crippen molar-refractivity contribution in [3.8, 4) is 0 Å². The molecule has 0 aliphatic heterocycles. The van der Waals surface area contributed by atoms with Crippen molar-refractivity contribution in [2.75, 3.05) is 0 Å². The van der Waals surface area contributed by atoms with Crippen LogP contribution in [0.1, 0.15) is 0 Å². The molecular weight excluding hydrogens is 243 g/mol. The number of hydrogen-bond donors (Lipinski definition) is 3. The van der Waals surface area contributed by atoms with Crippen LogP contribution in [0.25, 0.3) is 0 Å². The molecule has 1 heterocycles. The fourth-order valence-corrected chi connectivity index (χ4v) is 0.482. The number of alkyl halides is 3. The number of nitrogens with two attached hydrogens (primary N) is 2. The van der Waals surface area contributed by atoms with E-state index >= 15 is 0 Å². The van der Waals surface area contributed by atoms with Gasteiger partial charge in [-0.15, -0.1) is 0 Å². The van der Waals surface area contributed by atoms with Crippen LogP contribution in [0.4, 0.5) is 19.0 Å². The fourth-order valence-electron chi connectivity index (χ4n) is 0.482. The maximum Gasteiger partial charge on any atom is 0.490 e. The van der Waals surface area contributed by atoms with Crippen LogP contribution in [-0.4, -0.2) is 33.2 Å². The predicted molar refractivity (Wildman–Crippen MR) is 51.2 cm³/mol. The Labute approximate surface area is 93.0 Å². The Balaban J connectivity index is 0.000000325. The van der Waals surface area contributed by atoms with Crippen LogP contribution >= 0.6 is 0 Å². The predicted octanol–water partition coefficient (Wildman–Crippen LogP) is 0.0148. The highest BCUT2D eigenvalue weighted by atomic mass is 19.4. The molecular formula is C7H8F3N5O2. The van der Waals surface area contributed by atoms with E-state index in [1.54, 1.807) is 12.3 Å². The van der Waals surface area contributed by atoms with Crippen LogP contribution in [-0.2, 0) is 4.79 Å². The lowest BCUT2D eigenvalue weighted by atomic mass is 10.6. The SMILES string of the molecule is NC(N)=Nc1ccncn1.O=C(O)C(F)(F)F. The summed E-state index contributed by atoms with van der Waals surface area (Å²) in [7, 11) is 0. The zero-order valence-corrected chi connectivity index (χ0v) is 8.22. The molecule has 1 aromatic heterocycles. The Hall–Kier alpha value is -2.39. The first kappa shape index (κ1) is 14.6. The number of nitrogens with zero attached hydrogens (tertiary/aromatic N) is 3. The Morgan fingerprint density at radius 2 is 1.94 bits per heavy atom. The molecule has 1 aromatic rings. The fraction of sp³-hybridized carbons (Fsp3) is 0.143. The normalized spacial score (nSPS) is 9.82. The monoisotopic (exact) mass is 251 g/mol. The quantitative estimate of drug-likeness (QED) is 0.476. The van der Waals surface area contributed by atoms with Gasteiger partial charge >= 0.3 is 12.1 Å². The van der Waals surface area contributed by atoms with Crippen LogP contribution in [0.5, 0.6) is 0 Å². The van der Waals surface area contributed by atoms with Crippen molar-refractivity contribution in [2.45, 2.75) is 6.18 Å². The van der Waals surface area contributed by atoms with E-state index in [9.17, 15) is 13.2 Å². The highest BCUT2D eigenvalue weighted by Gasteiger charge is 2.38. The highest BCUT2D eigenvalue weighted by molar-refractivity contribution is 5.78. The van der Waals surface area contributed by atoms with E-state index in [1.807, 2.05) is 0 Å². The van der Waals surface area contributed by atoms with Crippen molar-refractivity contribution >= 4 is 17.7 Å². The van der Waals surface area contributed by atoms with E-state index in [0.717, 1.165) is 0 Å². The number of rotatable bonds is 1. The molecule has 0 saturated carbocycles. The van der Waals surface area contributed by atoms with Gasteiger partial charge in [-0.05, 0) is 0 Å². The van der Waals surface area contributed by atoms with Gasteiger partial charge in [0.15, 0.2) is 11.8 Å². The second-order valence-electron chi connectivity index (χ2n) is 2.41. The molecule has 94 valence electrons. The standard InChI is InChI=1S/C5H7N5.C2HF3O2/c6-5(7)10-4-1-2-8-3-9-4;3-2(4,5)1(6)7/h1-3H,(H4,6,7,8,9,10);(H,6,7). The van der Waals surface area contributed by atoms with Gasteiger partial charge in [-0.1, -0.05) is 0 Å². The Morgan fingerprint density at radius 3 is 2.24 bits per heavy atom. The highest BCUT2D eigenvalue weighted by Crippen LogP contribution is 2.13. The van der Waals surface area contributed by atoms with Gasteiger partial charge in [0.2, 0.25) is 0 Å². The molecule has 7 nitrogen and oxygen atoms in total. The third-order valence-corrected chi connectivity index (χ3v) is 1.05. The summed E-state index contributed by atoms with van der Waals surface area (Å²) in [5.74, 6) is -2.29. The molecule has 0 radical (unpaired) electrons. The molecule has 17 heavy (non-hydrogen) atoms.